The van der Waals surface area contributed by atoms with E-state index in [1.165, 1.54) is 0 Å². The molecule has 0 saturated heterocycles. The summed E-state index contributed by atoms with van der Waals surface area (Å²) in [5, 5.41) is 3.05. The van der Waals surface area contributed by atoms with Crippen LogP contribution in [0.1, 0.15) is 10.6 Å². The van der Waals surface area contributed by atoms with Gasteiger partial charge in [0.2, 0.25) is 0 Å². The maximum Gasteiger partial charge on any atom is 0.286 e. The topological polar surface area (TPSA) is 57.8 Å². The normalized spacial score (nSPS) is 10.4. The number of imidazole rings is 1. The summed E-state index contributed by atoms with van der Waals surface area (Å²) < 4.78 is 0. The average molecular weight is 210 g/mol. The number of halogens is 1. The largest absolute Gasteiger partial charge is 0.352 e. The maximum atomic E-state index is 11.2. The minimum Gasteiger partial charge on any atom is -0.352 e. The van der Waals surface area contributed by atoms with E-state index in [0.717, 1.165) is 0 Å². The summed E-state index contributed by atoms with van der Waals surface area (Å²) in [4.78, 5) is 18.2. The zero-order valence-electron chi connectivity index (χ0n) is 7.47. The molecule has 1 aromatic carbocycles. The Hall–Kier alpha value is -1.55. The third kappa shape index (κ3) is 1.33. The molecule has 0 saturated carbocycles. The number of para-hydroxylation sites is 1. The van der Waals surface area contributed by atoms with Gasteiger partial charge in [-0.05, 0) is 12.1 Å². The predicted octanol–water partition coefficient (Wildman–Crippen LogP) is 1.58. The van der Waals surface area contributed by atoms with E-state index in [1.54, 1.807) is 25.2 Å². The number of rotatable bonds is 1. The minimum atomic E-state index is -0.253. The summed E-state index contributed by atoms with van der Waals surface area (Å²) in [6, 6.07) is 5.33. The molecular formula is C9H8ClN3O. The fourth-order valence-corrected chi connectivity index (χ4v) is 1.44. The maximum absolute atomic E-state index is 11.2. The number of fused-ring (bicyclic) bond motifs is 1. The Kier molecular flexibility index (Phi) is 2.13. The Morgan fingerprint density at radius 2 is 2.36 bits per heavy atom. The van der Waals surface area contributed by atoms with Gasteiger partial charge >= 0.3 is 0 Å². The van der Waals surface area contributed by atoms with Gasteiger partial charge in [0.25, 0.3) is 5.91 Å². The summed E-state index contributed by atoms with van der Waals surface area (Å²) in [6.45, 7) is 0. The standard InChI is InChI=1S/C9H8ClN3O/c1-11-9(14)8-12-6-4-2-3-5(10)7(6)13-8/h2-4H,1H3,(H,11,14)(H,12,13). The molecule has 0 unspecified atom stereocenters. The first-order valence-corrected chi connectivity index (χ1v) is 4.46. The van der Waals surface area contributed by atoms with E-state index in [9.17, 15) is 4.79 Å². The van der Waals surface area contributed by atoms with Crippen molar-refractivity contribution in [3.63, 3.8) is 0 Å². The van der Waals surface area contributed by atoms with E-state index in [1.807, 2.05) is 0 Å². The van der Waals surface area contributed by atoms with Gasteiger partial charge in [-0.2, -0.15) is 0 Å². The molecule has 0 aliphatic heterocycles. The lowest BCUT2D eigenvalue weighted by Crippen LogP contribution is -2.19. The van der Waals surface area contributed by atoms with Crippen molar-refractivity contribution in [2.24, 2.45) is 0 Å². The van der Waals surface area contributed by atoms with Crippen LogP contribution >= 0.6 is 11.6 Å². The molecule has 0 aliphatic rings. The molecular weight excluding hydrogens is 202 g/mol. The molecule has 2 rings (SSSR count). The molecule has 1 aromatic heterocycles. The number of carbonyl (C=O) groups excluding carboxylic acids is 1. The van der Waals surface area contributed by atoms with Crippen LogP contribution in [0, 0.1) is 0 Å². The molecule has 0 spiro atoms. The van der Waals surface area contributed by atoms with Gasteiger partial charge in [-0.1, -0.05) is 17.7 Å². The molecule has 72 valence electrons. The molecule has 0 aliphatic carbocycles. The minimum absolute atomic E-state index is 0.253. The fourth-order valence-electron chi connectivity index (χ4n) is 1.22. The van der Waals surface area contributed by atoms with Crippen LogP contribution in [0.2, 0.25) is 5.02 Å². The average Bonchev–Trinajstić information content (AvgIpc) is 2.62. The van der Waals surface area contributed by atoms with Crippen LogP contribution in [0.4, 0.5) is 0 Å². The number of benzene rings is 1. The molecule has 1 amide bonds. The highest BCUT2D eigenvalue weighted by atomic mass is 35.5. The summed E-state index contributed by atoms with van der Waals surface area (Å²) in [6.07, 6.45) is 0. The quantitative estimate of drug-likeness (QED) is 0.749. The van der Waals surface area contributed by atoms with Crippen molar-refractivity contribution in [1.82, 2.24) is 15.3 Å². The molecule has 5 heteroatoms. The molecule has 0 atom stereocenters. The highest BCUT2D eigenvalue weighted by Crippen LogP contribution is 2.20. The first-order chi connectivity index (χ1) is 6.72. The Bertz CT molecular complexity index is 492. The fraction of sp³-hybridized carbons (Fsp3) is 0.111. The van der Waals surface area contributed by atoms with Crippen molar-refractivity contribution in [2.75, 3.05) is 7.05 Å². The van der Waals surface area contributed by atoms with Crippen molar-refractivity contribution >= 4 is 28.5 Å². The summed E-state index contributed by atoms with van der Waals surface area (Å²) >= 11 is 5.92. The zero-order chi connectivity index (χ0) is 10.1. The molecule has 0 radical (unpaired) electrons. The van der Waals surface area contributed by atoms with Crippen LogP contribution in [0.25, 0.3) is 11.0 Å². The highest BCUT2D eigenvalue weighted by molar-refractivity contribution is 6.35. The van der Waals surface area contributed by atoms with Gasteiger partial charge in [0, 0.05) is 7.05 Å². The predicted molar refractivity (Wildman–Crippen MR) is 54.5 cm³/mol. The van der Waals surface area contributed by atoms with Crippen molar-refractivity contribution < 1.29 is 4.79 Å². The van der Waals surface area contributed by atoms with Gasteiger partial charge in [0.05, 0.1) is 16.1 Å². The third-order valence-corrected chi connectivity index (χ3v) is 2.22. The third-order valence-electron chi connectivity index (χ3n) is 1.91. The second-order valence-corrected chi connectivity index (χ2v) is 3.21. The Labute approximate surface area is 85.3 Å². The number of nitrogens with zero attached hydrogens (tertiary/aromatic N) is 1. The SMILES string of the molecule is CNC(=O)c1nc2cccc(Cl)c2[nH]1. The smallest absolute Gasteiger partial charge is 0.286 e. The Morgan fingerprint density at radius 1 is 1.57 bits per heavy atom. The van der Waals surface area contributed by atoms with Crippen LogP contribution in [-0.4, -0.2) is 22.9 Å². The van der Waals surface area contributed by atoms with Gasteiger partial charge < -0.3 is 10.3 Å². The van der Waals surface area contributed by atoms with Crippen molar-refractivity contribution in [3.8, 4) is 0 Å². The molecule has 0 fully saturated rings. The first-order valence-electron chi connectivity index (χ1n) is 4.08. The molecule has 0 bridgehead atoms. The monoisotopic (exact) mass is 209 g/mol. The number of hydrogen-bond donors (Lipinski definition) is 2. The Morgan fingerprint density at radius 3 is 3.00 bits per heavy atom. The molecule has 4 nitrogen and oxygen atoms in total. The van der Waals surface area contributed by atoms with Gasteiger partial charge in [-0.3, -0.25) is 4.79 Å². The van der Waals surface area contributed by atoms with Crippen LogP contribution in [0.15, 0.2) is 18.2 Å². The van der Waals surface area contributed by atoms with Crippen LogP contribution < -0.4 is 5.32 Å². The van der Waals surface area contributed by atoms with Crippen LogP contribution in [-0.2, 0) is 0 Å². The number of aromatic nitrogens is 2. The summed E-state index contributed by atoms with van der Waals surface area (Å²) in [7, 11) is 1.55. The van der Waals surface area contributed by atoms with Crippen molar-refractivity contribution in [1.29, 1.82) is 0 Å². The number of amides is 1. The highest BCUT2D eigenvalue weighted by Gasteiger charge is 2.10. The van der Waals surface area contributed by atoms with Gasteiger partial charge in [-0.15, -0.1) is 0 Å². The van der Waals surface area contributed by atoms with Crippen molar-refractivity contribution in [2.45, 2.75) is 0 Å². The van der Waals surface area contributed by atoms with E-state index in [4.69, 9.17) is 11.6 Å². The van der Waals surface area contributed by atoms with Gasteiger partial charge in [0.1, 0.15) is 0 Å². The lowest BCUT2D eigenvalue weighted by atomic mass is 10.3. The number of hydrogen-bond acceptors (Lipinski definition) is 2. The van der Waals surface area contributed by atoms with Gasteiger partial charge in [0.15, 0.2) is 5.82 Å². The van der Waals surface area contributed by atoms with E-state index < -0.39 is 0 Å². The summed E-state index contributed by atoms with van der Waals surface area (Å²) in [5.74, 6) is 0.0212. The molecule has 14 heavy (non-hydrogen) atoms. The number of carbonyl (C=O) groups is 1. The van der Waals surface area contributed by atoms with Gasteiger partial charge in [-0.25, -0.2) is 4.98 Å². The van der Waals surface area contributed by atoms with E-state index in [0.29, 0.717) is 16.1 Å². The van der Waals surface area contributed by atoms with Crippen LogP contribution in [0.3, 0.4) is 0 Å². The lowest BCUT2D eigenvalue weighted by molar-refractivity contribution is 0.0954. The zero-order valence-corrected chi connectivity index (χ0v) is 8.22. The second kappa shape index (κ2) is 3.31. The van der Waals surface area contributed by atoms with E-state index in [-0.39, 0.29) is 11.7 Å². The number of H-pyrrole nitrogens is 1. The van der Waals surface area contributed by atoms with Crippen molar-refractivity contribution in [3.05, 3.63) is 29.0 Å². The molecule has 1 heterocycles. The number of nitrogens with one attached hydrogen (secondary N) is 2. The molecule has 2 aromatic rings. The number of aromatic amines is 1. The van der Waals surface area contributed by atoms with E-state index >= 15 is 0 Å². The van der Waals surface area contributed by atoms with E-state index in [2.05, 4.69) is 15.3 Å². The van der Waals surface area contributed by atoms with Crippen LogP contribution in [0.5, 0.6) is 0 Å². The molecule has 2 N–H and O–H groups in total. The lowest BCUT2D eigenvalue weighted by Gasteiger charge is -1.91. The summed E-state index contributed by atoms with van der Waals surface area (Å²) in [5.41, 5.74) is 1.38. The Balaban J connectivity index is 2.62. The first kappa shape index (κ1) is 9.02. The second-order valence-electron chi connectivity index (χ2n) is 2.80.